The highest BCUT2D eigenvalue weighted by molar-refractivity contribution is 6.33. The van der Waals surface area contributed by atoms with E-state index in [0.717, 1.165) is 6.33 Å². The third-order valence-electron chi connectivity index (χ3n) is 3.65. The van der Waals surface area contributed by atoms with Crippen LogP contribution in [0.3, 0.4) is 0 Å². The van der Waals surface area contributed by atoms with E-state index in [9.17, 15) is 23.3 Å². The summed E-state index contributed by atoms with van der Waals surface area (Å²) in [4.78, 5) is 21.9. The minimum Gasteiger partial charge on any atom is -0.497 e. The molecule has 0 saturated carbocycles. The molecule has 2 heterocycles. The second kappa shape index (κ2) is 8.37. The molecule has 0 aliphatic carbocycles. The predicted octanol–water partition coefficient (Wildman–Crippen LogP) is 5.00. The molecule has 0 aliphatic rings. The highest BCUT2D eigenvalue weighted by atomic mass is 35.5. The smallest absolute Gasteiger partial charge is 0.417 e. The number of ether oxygens (including phenoxy) is 2. The lowest BCUT2D eigenvalue weighted by molar-refractivity contribution is -0.385. The number of halogens is 4. The standard InChI is InChI=1S/C17H11ClF3N5O4/c1-29-10-2-4-11(5-3-10)30-16-13(26(27)28)15(23-8-24-16)25-14-12(18)6-9(7-22-14)17(19,20)21/h2-8H,1H3,(H,22,23,24,25). The summed E-state index contributed by atoms with van der Waals surface area (Å²) < 4.78 is 48.7. The molecule has 0 fully saturated rings. The molecule has 0 atom stereocenters. The van der Waals surface area contributed by atoms with Gasteiger partial charge < -0.3 is 14.8 Å². The second-order valence-electron chi connectivity index (χ2n) is 5.59. The summed E-state index contributed by atoms with van der Waals surface area (Å²) in [6.07, 6.45) is -3.13. The van der Waals surface area contributed by atoms with Crippen molar-refractivity contribution in [3.8, 4) is 17.4 Å². The summed E-state index contributed by atoms with van der Waals surface area (Å²) in [5.41, 5.74) is -1.73. The van der Waals surface area contributed by atoms with Crippen molar-refractivity contribution < 1.29 is 27.6 Å². The molecule has 0 radical (unpaired) electrons. The predicted molar refractivity (Wildman–Crippen MR) is 99.3 cm³/mol. The number of aromatic nitrogens is 3. The maximum atomic E-state index is 12.8. The molecule has 156 valence electrons. The molecule has 13 heteroatoms. The van der Waals surface area contributed by atoms with Gasteiger partial charge in [-0.25, -0.2) is 9.97 Å². The van der Waals surface area contributed by atoms with Gasteiger partial charge in [0.25, 0.3) is 0 Å². The van der Waals surface area contributed by atoms with Crippen LogP contribution in [0.5, 0.6) is 17.4 Å². The van der Waals surface area contributed by atoms with E-state index in [2.05, 4.69) is 20.3 Å². The van der Waals surface area contributed by atoms with Gasteiger partial charge in [0.1, 0.15) is 17.8 Å². The van der Waals surface area contributed by atoms with Gasteiger partial charge in [0, 0.05) is 6.20 Å². The Morgan fingerprint density at radius 3 is 2.33 bits per heavy atom. The van der Waals surface area contributed by atoms with Gasteiger partial charge in [-0.05, 0) is 30.3 Å². The maximum Gasteiger partial charge on any atom is 0.417 e. The van der Waals surface area contributed by atoms with Gasteiger partial charge in [0.05, 0.1) is 22.6 Å². The van der Waals surface area contributed by atoms with E-state index >= 15 is 0 Å². The van der Waals surface area contributed by atoms with Crippen molar-refractivity contribution in [1.82, 2.24) is 15.0 Å². The van der Waals surface area contributed by atoms with Crippen molar-refractivity contribution in [3.05, 3.63) is 63.6 Å². The molecule has 3 aromatic rings. The van der Waals surface area contributed by atoms with Crippen molar-refractivity contribution in [2.45, 2.75) is 6.18 Å². The third kappa shape index (κ3) is 4.66. The van der Waals surface area contributed by atoms with Crippen LogP contribution in [-0.4, -0.2) is 27.0 Å². The van der Waals surface area contributed by atoms with Crippen LogP contribution in [0.4, 0.5) is 30.5 Å². The Balaban J connectivity index is 1.94. The minimum absolute atomic E-state index is 0.231. The monoisotopic (exact) mass is 441 g/mol. The number of hydrogen-bond acceptors (Lipinski definition) is 8. The fraction of sp³-hybridized carbons (Fsp3) is 0.118. The lowest BCUT2D eigenvalue weighted by atomic mass is 10.3. The van der Waals surface area contributed by atoms with Gasteiger partial charge >= 0.3 is 17.7 Å². The van der Waals surface area contributed by atoms with Crippen LogP contribution in [0.2, 0.25) is 5.02 Å². The van der Waals surface area contributed by atoms with E-state index in [1.807, 2.05) is 0 Å². The van der Waals surface area contributed by atoms with Crippen LogP contribution in [0.25, 0.3) is 0 Å². The number of hydrogen-bond donors (Lipinski definition) is 1. The quantitative estimate of drug-likeness (QED) is 0.420. The number of alkyl halides is 3. The lowest BCUT2D eigenvalue weighted by Gasteiger charge is -2.11. The average Bonchev–Trinajstić information content (AvgIpc) is 2.69. The van der Waals surface area contributed by atoms with Crippen molar-refractivity contribution >= 4 is 28.9 Å². The Kier molecular flexibility index (Phi) is 5.87. The van der Waals surface area contributed by atoms with E-state index in [-0.39, 0.29) is 17.4 Å². The van der Waals surface area contributed by atoms with Crippen molar-refractivity contribution in [1.29, 1.82) is 0 Å². The molecule has 0 spiro atoms. The topological polar surface area (TPSA) is 112 Å². The summed E-state index contributed by atoms with van der Waals surface area (Å²) in [5.74, 6) is -0.251. The summed E-state index contributed by atoms with van der Waals surface area (Å²) in [6, 6.07) is 6.80. The summed E-state index contributed by atoms with van der Waals surface area (Å²) >= 11 is 5.83. The fourth-order valence-corrected chi connectivity index (χ4v) is 2.46. The molecule has 0 unspecified atom stereocenters. The first-order chi connectivity index (χ1) is 14.2. The molecular formula is C17H11ClF3N5O4. The van der Waals surface area contributed by atoms with Crippen LogP contribution in [0, 0.1) is 10.1 Å². The molecular weight excluding hydrogens is 431 g/mol. The third-order valence-corrected chi connectivity index (χ3v) is 3.94. The van der Waals surface area contributed by atoms with Crippen molar-refractivity contribution in [2.24, 2.45) is 0 Å². The zero-order valence-corrected chi connectivity index (χ0v) is 15.7. The number of benzene rings is 1. The summed E-state index contributed by atoms with van der Waals surface area (Å²) in [7, 11) is 1.48. The van der Waals surface area contributed by atoms with E-state index in [1.165, 1.54) is 19.2 Å². The normalized spacial score (nSPS) is 11.1. The number of nitrogens with zero attached hydrogens (tertiary/aromatic N) is 4. The molecule has 0 saturated heterocycles. The van der Waals surface area contributed by atoms with Gasteiger partial charge in [-0.1, -0.05) is 11.6 Å². The largest absolute Gasteiger partial charge is 0.497 e. The minimum atomic E-state index is -4.64. The van der Waals surface area contributed by atoms with E-state index < -0.39 is 33.3 Å². The van der Waals surface area contributed by atoms with Crippen LogP contribution < -0.4 is 14.8 Å². The Morgan fingerprint density at radius 1 is 1.10 bits per heavy atom. The fourth-order valence-electron chi connectivity index (χ4n) is 2.25. The SMILES string of the molecule is COc1ccc(Oc2ncnc(Nc3ncc(C(F)(F)F)cc3Cl)c2[N+](=O)[O-])cc1. The van der Waals surface area contributed by atoms with Gasteiger partial charge in [-0.15, -0.1) is 0 Å². The zero-order chi connectivity index (χ0) is 21.9. The number of methoxy groups -OCH3 is 1. The zero-order valence-electron chi connectivity index (χ0n) is 15.0. The first kappa shape index (κ1) is 21.0. The number of anilines is 2. The number of nitro groups is 1. The highest BCUT2D eigenvalue weighted by Gasteiger charge is 2.32. The van der Waals surface area contributed by atoms with Crippen molar-refractivity contribution in [2.75, 3.05) is 12.4 Å². The van der Waals surface area contributed by atoms with Crippen LogP contribution in [0.1, 0.15) is 5.56 Å². The number of pyridine rings is 1. The van der Waals surface area contributed by atoms with Gasteiger partial charge in [-0.3, -0.25) is 10.1 Å². The Hall–Kier alpha value is -3.67. The Bertz CT molecular complexity index is 1080. The molecule has 2 aromatic heterocycles. The summed E-state index contributed by atoms with van der Waals surface area (Å²) in [6.45, 7) is 0. The highest BCUT2D eigenvalue weighted by Crippen LogP contribution is 2.38. The van der Waals surface area contributed by atoms with Crippen LogP contribution in [0.15, 0.2) is 42.9 Å². The molecule has 0 aliphatic heterocycles. The molecule has 0 amide bonds. The average molecular weight is 442 g/mol. The number of rotatable bonds is 6. The number of nitrogens with one attached hydrogen (secondary N) is 1. The molecule has 1 aromatic carbocycles. The molecule has 30 heavy (non-hydrogen) atoms. The van der Waals surface area contributed by atoms with Crippen molar-refractivity contribution in [3.63, 3.8) is 0 Å². The van der Waals surface area contributed by atoms with E-state index in [0.29, 0.717) is 18.0 Å². The molecule has 9 nitrogen and oxygen atoms in total. The van der Waals surface area contributed by atoms with Gasteiger partial charge in [-0.2, -0.15) is 18.2 Å². The lowest BCUT2D eigenvalue weighted by Crippen LogP contribution is -2.08. The van der Waals surface area contributed by atoms with Crippen LogP contribution in [-0.2, 0) is 6.18 Å². The maximum absolute atomic E-state index is 12.8. The first-order valence-electron chi connectivity index (χ1n) is 8.00. The Morgan fingerprint density at radius 2 is 1.77 bits per heavy atom. The van der Waals surface area contributed by atoms with Crippen LogP contribution >= 0.6 is 11.6 Å². The summed E-state index contributed by atoms with van der Waals surface area (Å²) in [5, 5.41) is 13.6. The first-order valence-corrected chi connectivity index (χ1v) is 8.38. The molecule has 0 bridgehead atoms. The second-order valence-corrected chi connectivity index (χ2v) is 6.00. The van der Waals surface area contributed by atoms with Gasteiger partial charge in [0.15, 0.2) is 5.82 Å². The van der Waals surface area contributed by atoms with E-state index in [1.54, 1.807) is 12.1 Å². The van der Waals surface area contributed by atoms with E-state index in [4.69, 9.17) is 21.1 Å². The van der Waals surface area contributed by atoms with Gasteiger partial charge in [0.2, 0.25) is 5.82 Å². The Labute approximate surface area is 171 Å². The molecule has 1 N–H and O–H groups in total. The molecule has 3 rings (SSSR count).